The second-order valence-corrected chi connectivity index (χ2v) is 8.23. The van der Waals surface area contributed by atoms with Gasteiger partial charge in [-0.05, 0) is 43.4 Å². The van der Waals surface area contributed by atoms with Crippen molar-refractivity contribution in [2.45, 2.75) is 44.2 Å². The summed E-state index contributed by atoms with van der Waals surface area (Å²) >= 11 is 0. The molecule has 1 spiro atoms. The van der Waals surface area contributed by atoms with Crippen LogP contribution in [-0.2, 0) is 24.9 Å². The number of hydrogen-bond acceptors (Lipinski definition) is 5. The maximum absolute atomic E-state index is 5.90. The summed E-state index contributed by atoms with van der Waals surface area (Å²) in [6.45, 7) is 3.92. The van der Waals surface area contributed by atoms with Gasteiger partial charge in [0.05, 0.1) is 18.4 Å². The number of nitrogens with two attached hydrogens (primary N) is 1. The van der Waals surface area contributed by atoms with Crippen molar-refractivity contribution in [3.63, 3.8) is 0 Å². The topological polar surface area (TPSA) is 72.9 Å². The smallest absolute Gasteiger partial charge is 0.220 e. The Balaban J connectivity index is 1.29. The van der Waals surface area contributed by atoms with Crippen LogP contribution in [0.3, 0.4) is 0 Å². The normalized spacial score (nSPS) is 21.9. The molecular weight excluding hydrogens is 348 g/mol. The number of piperidine rings is 1. The van der Waals surface area contributed by atoms with Crippen LogP contribution >= 0.6 is 0 Å². The molecule has 2 aromatic heterocycles. The molecule has 2 aliphatic rings. The number of benzene rings is 1. The lowest BCUT2D eigenvalue weighted by molar-refractivity contribution is 0.137. The van der Waals surface area contributed by atoms with Gasteiger partial charge in [0.2, 0.25) is 5.95 Å². The van der Waals surface area contributed by atoms with Gasteiger partial charge in [0, 0.05) is 36.5 Å². The van der Waals surface area contributed by atoms with E-state index >= 15 is 0 Å². The molecule has 1 unspecified atom stereocenters. The van der Waals surface area contributed by atoms with Crippen LogP contribution in [-0.4, -0.2) is 37.7 Å². The summed E-state index contributed by atoms with van der Waals surface area (Å²) in [5.74, 6) is 0.402. The van der Waals surface area contributed by atoms with Gasteiger partial charge >= 0.3 is 0 Å². The van der Waals surface area contributed by atoms with Crippen LogP contribution < -0.4 is 5.73 Å². The highest BCUT2D eigenvalue weighted by atomic mass is 15.3. The fourth-order valence-electron chi connectivity index (χ4n) is 4.92. The minimum absolute atomic E-state index is 0.144. The zero-order valence-electron chi connectivity index (χ0n) is 16.1. The summed E-state index contributed by atoms with van der Waals surface area (Å²) < 4.78 is 2.03. The second-order valence-electron chi connectivity index (χ2n) is 8.23. The molecule has 0 radical (unpaired) electrons. The van der Waals surface area contributed by atoms with E-state index in [1.54, 1.807) is 0 Å². The van der Waals surface area contributed by atoms with Gasteiger partial charge in [-0.2, -0.15) is 5.10 Å². The molecule has 6 nitrogen and oxygen atoms in total. The number of anilines is 1. The summed E-state index contributed by atoms with van der Waals surface area (Å²) in [6, 6.07) is 10.5. The van der Waals surface area contributed by atoms with Crippen molar-refractivity contribution in [2.24, 2.45) is 0 Å². The molecule has 1 aromatic carbocycles. The summed E-state index contributed by atoms with van der Waals surface area (Å²) in [7, 11) is 0. The maximum atomic E-state index is 5.90. The van der Waals surface area contributed by atoms with Gasteiger partial charge in [-0.25, -0.2) is 9.97 Å². The Labute approximate surface area is 165 Å². The fourth-order valence-corrected chi connectivity index (χ4v) is 4.92. The van der Waals surface area contributed by atoms with E-state index in [0.29, 0.717) is 5.95 Å². The van der Waals surface area contributed by atoms with Crippen LogP contribution in [0.5, 0.6) is 0 Å². The van der Waals surface area contributed by atoms with Gasteiger partial charge in [0.25, 0.3) is 0 Å². The number of aryl methyl sites for hydroxylation is 1. The first-order valence-electron chi connectivity index (χ1n) is 10.1. The molecule has 1 saturated heterocycles. The van der Waals surface area contributed by atoms with Gasteiger partial charge in [-0.3, -0.25) is 9.58 Å². The molecule has 1 aliphatic carbocycles. The van der Waals surface area contributed by atoms with E-state index in [1.165, 1.54) is 35.2 Å². The third kappa shape index (κ3) is 3.29. The van der Waals surface area contributed by atoms with Crippen molar-refractivity contribution < 1.29 is 0 Å². The predicted molar refractivity (Wildman–Crippen MR) is 109 cm³/mol. The van der Waals surface area contributed by atoms with Crippen molar-refractivity contribution in [3.8, 4) is 0 Å². The molecule has 0 bridgehead atoms. The monoisotopic (exact) mass is 374 g/mol. The Morgan fingerprint density at radius 1 is 1.04 bits per heavy atom. The number of nitrogens with zero attached hydrogens (tertiary/aromatic N) is 5. The zero-order valence-corrected chi connectivity index (χ0v) is 16.1. The third-order valence-corrected chi connectivity index (χ3v) is 6.19. The summed E-state index contributed by atoms with van der Waals surface area (Å²) in [5, 5.41) is 4.57. The van der Waals surface area contributed by atoms with Crippen molar-refractivity contribution in [2.75, 3.05) is 18.8 Å². The molecule has 6 heteroatoms. The molecule has 1 fully saturated rings. The summed E-state index contributed by atoms with van der Waals surface area (Å²) in [6.07, 6.45) is 10.7. The Kier molecular flexibility index (Phi) is 4.36. The van der Waals surface area contributed by atoms with E-state index in [1.807, 2.05) is 23.1 Å². The highest BCUT2D eigenvalue weighted by Crippen LogP contribution is 2.44. The highest BCUT2D eigenvalue weighted by Gasteiger charge is 2.43. The van der Waals surface area contributed by atoms with E-state index in [-0.39, 0.29) is 5.41 Å². The Morgan fingerprint density at radius 2 is 1.93 bits per heavy atom. The Bertz CT molecular complexity index is 962. The standard InChI is InChI=1S/C22H26N6/c23-21-24-12-19-7-9-22(20(19)26-21)8-4-10-27(16-22)13-18-11-25-28(15-18)14-17-5-2-1-3-6-17/h1-3,5-6,11-12,15H,4,7-10,13-14,16H2,(H2,23,24,26). The van der Waals surface area contributed by atoms with E-state index in [4.69, 9.17) is 5.73 Å². The summed E-state index contributed by atoms with van der Waals surface area (Å²) in [5.41, 5.74) is 11.1. The van der Waals surface area contributed by atoms with Crippen LogP contribution in [0.15, 0.2) is 48.9 Å². The van der Waals surface area contributed by atoms with Gasteiger partial charge in [-0.1, -0.05) is 30.3 Å². The van der Waals surface area contributed by atoms with Crippen molar-refractivity contribution in [3.05, 3.63) is 71.3 Å². The number of fused-ring (bicyclic) bond motifs is 2. The molecule has 1 aliphatic heterocycles. The van der Waals surface area contributed by atoms with Gasteiger partial charge in [-0.15, -0.1) is 0 Å². The van der Waals surface area contributed by atoms with Crippen molar-refractivity contribution >= 4 is 5.95 Å². The first kappa shape index (κ1) is 17.4. The average Bonchev–Trinajstić information content (AvgIpc) is 3.28. The molecule has 144 valence electrons. The quantitative estimate of drug-likeness (QED) is 0.760. The Morgan fingerprint density at radius 3 is 2.82 bits per heavy atom. The minimum atomic E-state index is 0.144. The molecule has 3 heterocycles. The van der Waals surface area contributed by atoms with E-state index < -0.39 is 0 Å². The molecule has 5 rings (SSSR count). The van der Waals surface area contributed by atoms with Crippen LogP contribution in [0, 0.1) is 0 Å². The van der Waals surface area contributed by atoms with E-state index in [2.05, 4.69) is 50.4 Å². The first-order valence-corrected chi connectivity index (χ1v) is 10.1. The van der Waals surface area contributed by atoms with Crippen LogP contribution in [0.2, 0.25) is 0 Å². The lowest BCUT2D eigenvalue weighted by atomic mass is 9.77. The first-order chi connectivity index (χ1) is 13.7. The number of nitrogen functional groups attached to an aromatic ring is 1. The van der Waals surface area contributed by atoms with Crippen molar-refractivity contribution in [1.29, 1.82) is 0 Å². The van der Waals surface area contributed by atoms with Gasteiger partial charge < -0.3 is 5.73 Å². The molecular formula is C22H26N6. The molecule has 0 saturated carbocycles. The molecule has 0 amide bonds. The highest BCUT2D eigenvalue weighted by molar-refractivity contribution is 5.37. The SMILES string of the molecule is Nc1ncc2c(n1)C1(CCCN(Cc3cnn(Cc4ccccc4)c3)C1)CC2. The number of rotatable bonds is 4. The molecule has 1 atom stereocenters. The van der Waals surface area contributed by atoms with E-state index in [0.717, 1.165) is 39.0 Å². The molecule has 3 aromatic rings. The van der Waals surface area contributed by atoms with Crippen LogP contribution in [0.4, 0.5) is 5.95 Å². The van der Waals surface area contributed by atoms with Crippen molar-refractivity contribution in [1.82, 2.24) is 24.6 Å². The van der Waals surface area contributed by atoms with E-state index in [9.17, 15) is 0 Å². The maximum Gasteiger partial charge on any atom is 0.220 e. The van der Waals surface area contributed by atoms with Crippen LogP contribution in [0.25, 0.3) is 0 Å². The number of hydrogen-bond donors (Lipinski definition) is 1. The molecule has 28 heavy (non-hydrogen) atoms. The third-order valence-electron chi connectivity index (χ3n) is 6.19. The van der Waals surface area contributed by atoms with Crippen LogP contribution in [0.1, 0.15) is 41.6 Å². The fraction of sp³-hybridized carbons (Fsp3) is 0.409. The lowest BCUT2D eigenvalue weighted by Crippen LogP contribution is -2.45. The van der Waals surface area contributed by atoms with Gasteiger partial charge in [0.1, 0.15) is 0 Å². The largest absolute Gasteiger partial charge is 0.368 e. The van der Waals surface area contributed by atoms with Gasteiger partial charge in [0.15, 0.2) is 0 Å². The second kappa shape index (κ2) is 7.02. The summed E-state index contributed by atoms with van der Waals surface area (Å²) in [4.78, 5) is 11.4. The minimum Gasteiger partial charge on any atom is -0.368 e. The molecule has 2 N–H and O–H groups in total. The Hall–Kier alpha value is -2.73. The zero-order chi connectivity index (χ0) is 19.0. The number of likely N-dealkylation sites (tertiary alicyclic amines) is 1. The average molecular weight is 374 g/mol. The lowest BCUT2D eigenvalue weighted by Gasteiger charge is -2.40. The number of aromatic nitrogens is 4. The predicted octanol–water partition coefficient (Wildman–Crippen LogP) is 2.78.